The van der Waals surface area contributed by atoms with E-state index in [4.69, 9.17) is 9.47 Å². The third kappa shape index (κ3) is 4.22. The lowest BCUT2D eigenvalue weighted by Gasteiger charge is -2.11. The van der Waals surface area contributed by atoms with Crippen molar-refractivity contribution in [2.45, 2.75) is 12.3 Å². The van der Waals surface area contributed by atoms with Gasteiger partial charge in [0.2, 0.25) is 0 Å². The van der Waals surface area contributed by atoms with Crippen LogP contribution in [0, 0.1) is 17.1 Å². The highest BCUT2D eigenvalue weighted by molar-refractivity contribution is 5.33. The van der Waals surface area contributed by atoms with Crippen LogP contribution in [-0.2, 0) is 0 Å². The SMILES string of the molecule is COc1cccc(OCCC(C#N)c2cccc(F)c2)c1. The van der Waals surface area contributed by atoms with E-state index in [1.165, 1.54) is 12.1 Å². The monoisotopic (exact) mass is 285 g/mol. The maximum atomic E-state index is 13.2. The van der Waals surface area contributed by atoms with Gasteiger partial charge in [0.25, 0.3) is 0 Å². The molecular formula is C17H16FNO2. The number of halogens is 1. The van der Waals surface area contributed by atoms with E-state index in [1.54, 1.807) is 25.3 Å². The van der Waals surface area contributed by atoms with E-state index in [9.17, 15) is 9.65 Å². The van der Waals surface area contributed by atoms with Crippen molar-refractivity contribution in [2.75, 3.05) is 13.7 Å². The molecule has 0 bridgehead atoms. The van der Waals surface area contributed by atoms with Crippen LogP contribution in [0.1, 0.15) is 17.9 Å². The summed E-state index contributed by atoms with van der Waals surface area (Å²) in [7, 11) is 1.59. The van der Waals surface area contributed by atoms with E-state index < -0.39 is 0 Å². The quantitative estimate of drug-likeness (QED) is 0.808. The van der Waals surface area contributed by atoms with Crippen LogP contribution in [0.5, 0.6) is 11.5 Å². The average molecular weight is 285 g/mol. The van der Waals surface area contributed by atoms with Crippen molar-refractivity contribution in [1.82, 2.24) is 0 Å². The lowest BCUT2D eigenvalue weighted by atomic mass is 9.98. The molecule has 2 aromatic rings. The summed E-state index contributed by atoms with van der Waals surface area (Å²) in [5.41, 5.74) is 0.673. The molecule has 1 atom stereocenters. The van der Waals surface area contributed by atoms with Crippen LogP contribution in [0.4, 0.5) is 4.39 Å². The van der Waals surface area contributed by atoms with Gasteiger partial charge in [-0.3, -0.25) is 0 Å². The van der Waals surface area contributed by atoms with Gasteiger partial charge in [0.05, 0.1) is 25.7 Å². The summed E-state index contributed by atoms with van der Waals surface area (Å²) in [6.07, 6.45) is 0.497. The Morgan fingerprint density at radius 2 is 1.90 bits per heavy atom. The second kappa shape index (κ2) is 7.30. The molecule has 0 radical (unpaired) electrons. The van der Waals surface area contributed by atoms with Crippen molar-refractivity contribution in [3.63, 3.8) is 0 Å². The predicted octanol–water partition coefficient (Wildman–Crippen LogP) is 3.91. The molecule has 0 spiro atoms. The molecule has 0 N–H and O–H groups in total. The zero-order chi connectivity index (χ0) is 15.1. The third-order valence-electron chi connectivity index (χ3n) is 3.12. The number of hydrogen-bond donors (Lipinski definition) is 0. The number of hydrogen-bond acceptors (Lipinski definition) is 3. The minimum Gasteiger partial charge on any atom is -0.497 e. The van der Waals surface area contributed by atoms with Crippen LogP contribution in [-0.4, -0.2) is 13.7 Å². The van der Waals surface area contributed by atoms with Crippen LogP contribution in [0.2, 0.25) is 0 Å². The summed E-state index contributed by atoms with van der Waals surface area (Å²) in [6, 6.07) is 15.6. The average Bonchev–Trinajstić information content (AvgIpc) is 2.52. The number of methoxy groups -OCH3 is 1. The smallest absolute Gasteiger partial charge is 0.123 e. The Hall–Kier alpha value is -2.54. The molecule has 0 saturated carbocycles. The molecule has 108 valence electrons. The van der Waals surface area contributed by atoms with Crippen molar-refractivity contribution in [1.29, 1.82) is 5.26 Å². The molecule has 0 aliphatic rings. The van der Waals surface area contributed by atoms with Crippen molar-refractivity contribution in [3.8, 4) is 17.6 Å². The lowest BCUT2D eigenvalue weighted by Crippen LogP contribution is -2.05. The minimum atomic E-state index is -0.383. The molecule has 4 heteroatoms. The van der Waals surface area contributed by atoms with Gasteiger partial charge in [-0.05, 0) is 29.8 Å². The fourth-order valence-corrected chi connectivity index (χ4v) is 2.01. The van der Waals surface area contributed by atoms with Crippen LogP contribution >= 0.6 is 0 Å². The Kier molecular flexibility index (Phi) is 5.16. The first-order chi connectivity index (χ1) is 10.2. The van der Waals surface area contributed by atoms with Gasteiger partial charge < -0.3 is 9.47 Å². The van der Waals surface area contributed by atoms with Crippen molar-refractivity contribution < 1.29 is 13.9 Å². The molecule has 0 aromatic heterocycles. The second-order valence-electron chi connectivity index (χ2n) is 4.55. The van der Waals surface area contributed by atoms with Gasteiger partial charge in [-0.2, -0.15) is 5.26 Å². The first-order valence-corrected chi connectivity index (χ1v) is 6.65. The summed E-state index contributed by atoms with van der Waals surface area (Å²) in [5.74, 6) is 0.688. The van der Waals surface area contributed by atoms with Gasteiger partial charge in [0.1, 0.15) is 17.3 Å². The summed E-state index contributed by atoms with van der Waals surface area (Å²) < 4.78 is 23.9. The van der Waals surface area contributed by atoms with Gasteiger partial charge in [0.15, 0.2) is 0 Å². The van der Waals surface area contributed by atoms with E-state index in [-0.39, 0.29) is 11.7 Å². The zero-order valence-corrected chi connectivity index (χ0v) is 11.8. The van der Waals surface area contributed by atoms with Crippen molar-refractivity contribution in [3.05, 3.63) is 59.9 Å². The third-order valence-corrected chi connectivity index (χ3v) is 3.12. The summed E-state index contributed by atoms with van der Waals surface area (Å²) >= 11 is 0. The zero-order valence-electron chi connectivity index (χ0n) is 11.8. The number of nitrogens with zero attached hydrogens (tertiary/aromatic N) is 1. The van der Waals surface area contributed by atoms with E-state index >= 15 is 0 Å². The normalized spacial score (nSPS) is 11.5. The maximum absolute atomic E-state index is 13.2. The molecule has 0 heterocycles. The lowest BCUT2D eigenvalue weighted by molar-refractivity contribution is 0.303. The molecule has 2 aromatic carbocycles. The van der Waals surface area contributed by atoms with Crippen LogP contribution in [0.25, 0.3) is 0 Å². The second-order valence-corrected chi connectivity index (χ2v) is 4.55. The maximum Gasteiger partial charge on any atom is 0.123 e. The molecule has 2 rings (SSSR count). The topological polar surface area (TPSA) is 42.2 Å². The minimum absolute atomic E-state index is 0.332. The Morgan fingerprint density at radius 1 is 1.14 bits per heavy atom. The molecular weight excluding hydrogens is 269 g/mol. The van der Waals surface area contributed by atoms with Gasteiger partial charge >= 0.3 is 0 Å². The number of rotatable bonds is 6. The molecule has 0 fully saturated rings. The fraction of sp³-hybridized carbons (Fsp3) is 0.235. The van der Waals surface area contributed by atoms with E-state index in [1.807, 2.05) is 18.2 Å². The molecule has 3 nitrogen and oxygen atoms in total. The summed E-state index contributed by atoms with van der Waals surface area (Å²) in [4.78, 5) is 0. The molecule has 1 unspecified atom stereocenters. The Bertz CT molecular complexity index is 637. The Morgan fingerprint density at radius 3 is 2.62 bits per heavy atom. The molecule has 0 amide bonds. The first kappa shape index (κ1) is 14.9. The van der Waals surface area contributed by atoms with Gasteiger partial charge in [-0.15, -0.1) is 0 Å². The van der Waals surface area contributed by atoms with Gasteiger partial charge in [-0.25, -0.2) is 4.39 Å². The first-order valence-electron chi connectivity index (χ1n) is 6.65. The largest absolute Gasteiger partial charge is 0.497 e. The highest BCUT2D eigenvalue weighted by Crippen LogP contribution is 2.22. The molecule has 0 saturated heterocycles. The van der Waals surface area contributed by atoms with Crippen LogP contribution in [0.15, 0.2) is 48.5 Å². The summed E-state index contributed by atoms with van der Waals surface area (Å²) in [6.45, 7) is 0.377. The highest BCUT2D eigenvalue weighted by Gasteiger charge is 2.11. The van der Waals surface area contributed by atoms with Gasteiger partial charge in [0, 0.05) is 12.5 Å². The van der Waals surface area contributed by atoms with Gasteiger partial charge in [-0.1, -0.05) is 18.2 Å². The van der Waals surface area contributed by atoms with E-state index in [0.717, 1.165) is 5.75 Å². The van der Waals surface area contributed by atoms with E-state index in [0.29, 0.717) is 24.3 Å². The van der Waals surface area contributed by atoms with Crippen molar-refractivity contribution in [2.24, 2.45) is 0 Å². The number of benzene rings is 2. The van der Waals surface area contributed by atoms with Crippen LogP contribution < -0.4 is 9.47 Å². The number of ether oxygens (including phenoxy) is 2. The Labute approximate surface area is 123 Å². The predicted molar refractivity (Wildman–Crippen MR) is 77.9 cm³/mol. The highest BCUT2D eigenvalue weighted by atomic mass is 19.1. The number of nitriles is 1. The fourth-order valence-electron chi connectivity index (χ4n) is 2.01. The Balaban J connectivity index is 1.93. The van der Waals surface area contributed by atoms with Crippen molar-refractivity contribution >= 4 is 0 Å². The molecule has 21 heavy (non-hydrogen) atoms. The van der Waals surface area contributed by atoms with Crippen LogP contribution in [0.3, 0.4) is 0 Å². The standard InChI is InChI=1S/C17H16FNO2/c1-20-16-6-3-7-17(11-16)21-9-8-14(12-19)13-4-2-5-15(18)10-13/h2-7,10-11,14H,8-9H2,1H3. The summed E-state index contributed by atoms with van der Waals surface area (Å²) in [5, 5.41) is 9.20. The molecule has 0 aliphatic heterocycles. The van der Waals surface area contributed by atoms with E-state index in [2.05, 4.69) is 6.07 Å². The molecule has 0 aliphatic carbocycles.